The molecule has 27 heavy (non-hydrogen) atoms. The number of nitrogens with one attached hydrogen (secondary N) is 2. The number of nitrogens with zero attached hydrogens (tertiary/aromatic N) is 3. The van der Waals surface area contributed by atoms with Gasteiger partial charge in [-0.25, -0.2) is 9.97 Å². The summed E-state index contributed by atoms with van der Waals surface area (Å²) in [6.45, 7) is 0.741. The first kappa shape index (κ1) is 18.6. The number of alkyl halides is 2. The van der Waals surface area contributed by atoms with Crippen molar-refractivity contribution in [3.8, 4) is 5.88 Å². The van der Waals surface area contributed by atoms with E-state index in [2.05, 4.69) is 25.3 Å². The van der Waals surface area contributed by atoms with Gasteiger partial charge in [-0.05, 0) is 31.5 Å². The molecule has 1 amide bonds. The van der Waals surface area contributed by atoms with Crippen molar-refractivity contribution in [2.75, 3.05) is 12.4 Å². The van der Waals surface area contributed by atoms with Crippen molar-refractivity contribution >= 4 is 28.3 Å². The third-order valence-corrected chi connectivity index (χ3v) is 4.12. The molecule has 7 nitrogen and oxygen atoms in total. The zero-order chi connectivity index (χ0) is 19.6. The Morgan fingerprint density at radius 1 is 1.33 bits per heavy atom. The molecule has 2 N–H and O–H groups in total. The molecule has 3 aromatic rings. The van der Waals surface area contributed by atoms with Crippen LogP contribution in [0.5, 0.6) is 5.88 Å². The van der Waals surface area contributed by atoms with Crippen molar-refractivity contribution in [3.05, 3.63) is 41.9 Å². The number of hydrogen-bond acceptors (Lipinski definition) is 5. The molecule has 0 unspecified atom stereocenters. The molecule has 0 atom stereocenters. The summed E-state index contributed by atoms with van der Waals surface area (Å²) in [4.78, 5) is 20.1. The number of aromatic nitrogens is 3. The lowest BCUT2D eigenvalue weighted by atomic mass is 10.2. The second-order valence-electron chi connectivity index (χ2n) is 5.95. The molecular weight excluding hydrogens is 356 g/mol. The minimum Gasteiger partial charge on any atom is -0.417 e. The molecule has 3 heterocycles. The van der Waals surface area contributed by atoms with E-state index in [1.165, 1.54) is 6.07 Å². The Bertz CT molecular complexity index is 964. The van der Waals surface area contributed by atoms with Crippen molar-refractivity contribution in [3.63, 3.8) is 0 Å². The maximum atomic E-state index is 12.4. The van der Waals surface area contributed by atoms with Gasteiger partial charge in [0.15, 0.2) is 0 Å². The number of pyridine rings is 2. The average molecular weight is 375 g/mol. The zero-order valence-corrected chi connectivity index (χ0v) is 15.1. The first-order valence-electron chi connectivity index (χ1n) is 8.23. The summed E-state index contributed by atoms with van der Waals surface area (Å²) in [5.41, 5.74) is 2.71. The average Bonchev–Trinajstić information content (AvgIpc) is 3.01. The van der Waals surface area contributed by atoms with Crippen LogP contribution in [0.25, 0.3) is 10.9 Å². The lowest BCUT2D eigenvalue weighted by Crippen LogP contribution is -2.22. The highest BCUT2D eigenvalue weighted by Gasteiger charge is 2.14. The van der Waals surface area contributed by atoms with Gasteiger partial charge in [0.25, 0.3) is 0 Å². The van der Waals surface area contributed by atoms with E-state index in [9.17, 15) is 13.6 Å². The number of likely N-dealkylation sites (N-methyl/N-ethyl adjacent to an activating group) is 1. The van der Waals surface area contributed by atoms with Crippen LogP contribution in [0.4, 0.5) is 20.3 Å². The topological polar surface area (TPSA) is 81.1 Å². The smallest absolute Gasteiger partial charge is 0.388 e. The Morgan fingerprint density at radius 2 is 2.11 bits per heavy atom. The van der Waals surface area contributed by atoms with Gasteiger partial charge in [0, 0.05) is 30.9 Å². The van der Waals surface area contributed by atoms with Gasteiger partial charge in [-0.3, -0.25) is 4.79 Å². The van der Waals surface area contributed by atoms with Gasteiger partial charge < -0.3 is 19.9 Å². The van der Waals surface area contributed by atoms with Crippen LogP contribution in [0.2, 0.25) is 0 Å². The van der Waals surface area contributed by atoms with E-state index in [1.54, 1.807) is 27.1 Å². The predicted molar refractivity (Wildman–Crippen MR) is 97.4 cm³/mol. The van der Waals surface area contributed by atoms with Crippen molar-refractivity contribution in [2.45, 2.75) is 27.0 Å². The predicted octanol–water partition coefficient (Wildman–Crippen LogP) is 3.14. The second-order valence-corrected chi connectivity index (χ2v) is 5.95. The van der Waals surface area contributed by atoms with Crippen LogP contribution < -0.4 is 15.4 Å². The van der Waals surface area contributed by atoms with Crippen LogP contribution in [0.3, 0.4) is 0 Å². The molecular formula is C18H19F2N5O2. The minimum absolute atomic E-state index is 0.107. The summed E-state index contributed by atoms with van der Waals surface area (Å²) in [7, 11) is 1.59. The number of fused-ring (bicyclic) bond motifs is 1. The van der Waals surface area contributed by atoms with E-state index >= 15 is 0 Å². The highest BCUT2D eigenvalue weighted by atomic mass is 19.3. The molecule has 0 bridgehead atoms. The van der Waals surface area contributed by atoms with Gasteiger partial charge in [0.1, 0.15) is 12.4 Å². The maximum absolute atomic E-state index is 12.4. The van der Waals surface area contributed by atoms with E-state index in [0.717, 1.165) is 10.9 Å². The van der Waals surface area contributed by atoms with Crippen molar-refractivity contribution in [1.82, 2.24) is 19.9 Å². The van der Waals surface area contributed by atoms with Gasteiger partial charge in [-0.1, -0.05) is 0 Å². The Morgan fingerprint density at radius 3 is 2.78 bits per heavy atom. The fourth-order valence-corrected chi connectivity index (χ4v) is 2.85. The summed E-state index contributed by atoms with van der Waals surface area (Å²) in [5, 5.41) is 6.63. The number of halogens is 2. The van der Waals surface area contributed by atoms with Crippen LogP contribution in [-0.4, -0.2) is 34.1 Å². The molecule has 3 rings (SSSR count). The first-order valence-corrected chi connectivity index (χ1v) is 8.23. The van der Waals surface area contributed by atoms with E-state index < -0.39 is 6.61 Å². The molecule has 0 aromatic carbocycles. The SMILES string of the molecule is CNC(=O)Cn1ccc2c(Nc3c(C)cc(OC(F)F)nc3C)nccc21. The number of amides is 1. The number of anilines is 2. The van der Waals surface area contributed by atoms with Gasteiger partial charge >= 0.3 is 6.61 Å². The van der Waals surface area contributed by atoms with Crippen LogP contribution in [0.15, 0.2) is 30.6 Å². The fraction of sp³-hybridized carbons (Fsp3) is 0.278. The van der Waals surface area contributed by atoms with Crippen molar-refractivity contribution < 1.29 is 18.3 Å². The second kappa shape index (κ2) is 7.56. The van der Waals surface area contributed by atoms with E-state index in [4.69, 9.17) is 0 Å². The molecule has 0 fully saturated rings. The van der Waals surface area contributed by atoms with Gasteiger partial charge in [-0.15, -0.1) is 0 Å². The molecule has 0 aliphatic heterocycles. The summed E-state index contributed by atoms with van der Waals surface area (Å²) >= 11 is 0. The third-order valence-electron chi connectivity index (χ3n) is 4.12. The highest BCUT2D eigenvalue weighted by Crippen LogP contribution is 2.30. The van der Waals surface area contributed by atoms with Crippen molar-refractivity contribution in [2.24, 2.45) is 0 Å². The van der Waals surface area contributed by atoms with Gasteiger partial charge in [-0.2, -0.15) is 8.78 Å². The number of carbonyl (C=O) groups is 1. The molecule has 3 aromatic heterocycles. The summed E-state index contributed by atoms with van der Waals surface area (Å²) in [5.74, 6) is 0.344. The number of ether oxygens (including phenoxy) is 1. The van der Waals surface area contributed by atoms with Crippen molar-refractivity contribution in [1.29, 1.82) is 0 Å². The minimum atomic E-state index is -2.93. The lowest BCUT2D eigenvalue weighted by Gasteiger charge is -2.14. The highest BCUT2D eigenvalue weighted by molar-refractivity contribution is 5.93. The van der Waals surface area contributed by atoms with Crippen LogP contribution >= 0.6 is 0 Å². The molecule has 9 heteroatoms. The third kappa shape index (κ3) is 3.97. The quantitative estimate of drug-likeness (QED) is 0.692. The Labute approximate surface area is 154 Å². The number of hydrogen-bond donors (Lipinski definition) is 2. The number of rotatable bonds is 6. The molecule has 0 radical (unpaired) electrons. The molecule has 0 aliphatic carbocycles. The molecule has 0 saturated heterocycles. The summed E-state index contributed by atoms with van der Waals surface area (Å²) in [6.07, 6.45) is 3.45. The molecule has 0 aliphatic rings. The largest absolute Gasteiger partial charge is 0.417 e. The van der Waals surface area contributed by atoms with E-state index in [-0.39, 0.29) is 18.3 Å². The zero-order valence-electron chi connectivity index (χ0n) is 15.1. The first-order chi connectivity index (χ1) is 12.9. The molecule has 0 saturated carbocycles. The lowest BCUT2D eigenvalue weighted by molar-refractivity contribution is -0.121. The molecule has 0 spiro atoms. The van der Waals surface area contributed by atoms with Crippen LogP contribution in [-0.2, 0) is 11.3 Å². The van der Waals surface area contributed by atoms with Crippen LogP contribution in [0, 0.1) is 13.8 Å². The monoisotopic (exact) mass is 375 g/mol. The number of aryl methyl sites for hydroxylation is 2. The Hall–Kier alpha value is -3.23. The number of carbonyl (C=O) groups excluding carboxylic acids is 1. The fourth-order valence-electron chi connectivity index (χ4n) is 2.85. The summed E-state index contributed by atoms with van der Waals surface area (Å²) in [6, 6.07) is 5.12. The Kier molecular flexibility index (Phi) is 5.20. The normalized spacial score (nSPS) is 11.0. The summed E-state index contributed by atoms with van der Waals surface area (Å²) < 4.78 is 31.0. The Balaban J connectivity index is 1.94. The maximum Gasteiger partial charge on any atom is 0.388 e. The molecule has 142 valence electrons. The van der Waals surface area contributed by atoms with Gasteiger partial charge in [0.05, 0.1) is 16.9 Å². The van der Waals surface area contributed by atoms with E-state index in [1.807, 2.05) is 22.9 Å². The van der Waals surface area contributed by atoms with Gasteiger partial charge in [0.2, 0.25) is 11.8 Å². The van der Waals surface area contributed by atoms with E-state index in [0.29, 0.717) is 22.8 Å². The standard InChI is InChI=1S/C18H19F2N5O2/c1-10-8-15(27-18(19)20)23-11(2)16(10)24-17-12-5-7-25(9-14(26)21-3)13(12)4-6-22-17/h4-8,18H,9H2,1-3H3,(H,21,26)(H,22,24). The van der Waals surface area contributed by atoms with Crippen LogP contribution in [0.1, 0.15) is 11.3 Å².